The molecule has 150 valence electrons. The summed E-state index contributed by atoms with van der Waals surface area (Å²) >= 11 is 2.10. The number of thioether (sulfide) groups is 1. The number of ketones is 1. The molecule has 2 aliphatic rings. The second-order valence-electron chi connectivity index (χ2n) is 7.92. The summed E-state index contributed by atoms with van der Waals surface area (Å²) < 4.78 is 0. The Kier molecular flexibility index (Phi) is 7.55. The fourth-order valence-corrected chi connectivity index (χ4v) is 6.35. The van der Waals surface area contributed by atoms with Crippen LogP contribution in [-0.4, -0.2) is 27.4 Å². The van der Waals surface area contributed by atoms with Crippen LogP contribution in [-0.2, 0) is 9.59 Å². The Hall–Kier alpha value is -1.81. The third-order valence-corrected chi connectivity index (χ3v) is 7.87. The molecule has 0 aromatic heterocycles. The Morgan fingerprint density at radius 3 is 2.68 bits per heavy atom. The molecule has 1 aromatic rings. The minimum Gasteiger partial charge on any atom is -0.481 e. The number of unbranched alkanes of at least 4 members (excludes halogenated alkanes) is 1. The number of carboxylic acid groups (broad SMARTS) is 1. The number of hydrogen-bond donors (Lipinski definition) is 1. The van der Waals surface area contributed by atoms with Gasteiger partial charge in [0.1, 0.15) is 0 Å². The number of carbonyl (C=O) groups is 2. The first-order valence-electron chi connectivity index (χ1n) is 10.4. The summed E-state index contributed by atoms with van der Waals surface area (Å²) in [6.45, 7) is 1.98. The number of carboxylic acids is 1. The molecule has 0 spiro atoms. The lowest BCUT2D eigenvalue weighted by atomic mass is 9.77. The predicted octanol–water partition coefficient (Wildman–Crippen LogP) is 5.63. The summed E-state index contributed by atoms with van der Waals surface area (Å²) in [7, 11) is 0. The van der Waals surface area contributed by atoms with Crippen molar-refractivity contribution in [3.8, 4) is 0 Å². The Labute approximate surface area is 172 Å². The van der Waals surface area contributed by atoms with Gasteiger partial charge < -0.3 is 5.11 Å². The highest BCUT2D eigenvalue weighted by atomic mass is 32.2. The first-order chi connectivity index (χ1) is 13.6. The number of benzene rings is 1. The standard InChI is InChI=1S/C24H30O3S/c1-17(18-9-5-4-6-10-18)21(25)14-13-20-19(22-15-16-23(20)28-22)11-7-2-3-8-12-24(26)27/h2,4-7,9-10,13-14,17,19-20,22-23H,3,8,11-12,15-16H2,1H3,(H,26,27)/t17?,19-,20+,22-,23+/m0/s1. The first-order valence-corrected chi connectivity index (χ1v) is 11.3. The van der Waals surface area contributed by atoms with Gasteiger partial charge in [-0.3, -0.25) is 9.59 Å². The summed E-state index contributed by atoms with van der Waals surface area (Å²) in [6.07, 6.45) is 13.7. The van der Waals surface area contributed by atoms with Crippen LogP contribution in [0.4, 0.5) is 0 Å². The van der Waals surface area contributed by atoms with Crippen molar-refractivity contribution in [3.05, 3.63) is 60.2 Å². The maximum Gasteiger partial charge on any atom is 0.303 e. The average molecular weight is 399 g/mol. The van der Waals surface area contributed by atoms with Crippen molar-refractivity contribution < 1.29 is 14.7 Å². The van der Waals surface area contributed by atoms with Crippen LogP contribution in [0.1, 0.15) is 56.9 Å². The minimum absolute atomic E-state index is 0.101. The number of rotatable bonds is 10. The van der Waals surface area contributed by atoms with E-state index in [1.165, 1.54) is 12.8 Å². The van der Waals surface area contributed by atoms with Crippen molar-refractivity contribution in [2.45, 2.75) is 61.9 Å². The van der Waals surface area contributed by atoms with Crippen molar-refractivity contribution in [3.63, 3.8) is 0 Å². The lowest BCUT2D eigenvalue weighted by Gasteiger charge is -2.26. The Bertz CT molecular complexity index is 725. The Balaban J connectivity index is 1.55. The zero-order valence-corrected chi connectivity index (χ0v) is 17.3. The molecule has 4 heteroatoms. The third-order valence-electron chi connectivity index (χ3n) is 6.03. The number of aliphatic carboxylic acids is 1. The van der Waals surface area contributed by atoms with E-state index in [1.807, 2.05) is 43.3 Å². The quantitative estimate of drug-likeness (QED) is 0.315. The van der Waals surface area contributed by atoms with Crippen LogP contribution >= 0.6 is 11.8 Å². The summed E-state index contributed by atoms with van der Waals surface area (Å²) in [5.41, 5.74) is 1.07. The van der Waals surface area contributed by atoms with Gasteiger partial charge in [0.15, 0.2) is 5.78 Å². The van der Waals surface area contributed by atoms with Crippen LogP contribution in [0.2, 0.25) is 0 Å². The molecule has 3 rings (SSSR count). The zero-order valence-electron chi connectivity index (χ0n) is 16.5. The molecule has 1 N–H and O–H groups in total. The molecule has 2 saturated heterocycles. The molecular weight excluding hydrogens is 368 g/mol. The van der Waals surface area contributed by atoms with Crippen molar-refractivity contribution in [2.24, 2.45) is 11.8 Å². The summed E-state index contributed by atoms with van der Waals surface area (Å²) in [4.78, 5) is 23.2. The largest absolute Gasteiger partial charge is 0.481 e. The molecule has 1 unspecified atom stereocenters. The van der Waals surface area contributed by atoms with Gasteiger partial charge in [-0.25, -0.2) is 0 Å². The molecule has 0 amide bonds. The highest BCUT2D eigenvalue weighted by Gasteiger charge is 2.46. The summed E-state index contributed by atoms with van der Waals surface area (Å²) in [5, 5.41) is 10.0. The fourth-order valence-electron chi connectivity index (χ4n) is 4.39. The van der Waals surface area contributed by atoms with E-state index in [0.717, 1.165) is 18.4 Å². The maximum absolute atomic E-state index is 12.6. The van der Waals surface area contributed by atoms with Gasteiger partial charge in [0, 0.05) is 22.8 Å². The van der Waals surface area contributed by atoms with E-state index in [9.17, 15) is 9.59 Å². The lowest BCUT2D eigenvalue weighted by molar-refractivity contribution is -0.137. The zero-order chi connectivity index (χ0) is 19.9. The van der Waals surface area contributed by atoms with E-state index in [0.29, 0.717) is 28.8 Å². The second-order valence-corrected chi connectivity index (χ2v) is 9.40. The van der Waals surface area contributed by atoms with Crippen molar-refractivity contribution >= 4 is 23.5 Å². The van der Waals surface area contributed by atoms with Gasteiger partial charge >= 0.3 is 5.97 Å². The molecule has 0 aliphatic carbocycles. The molecule has 1 aromatic carbocycles. The van der Waals surface area contributed by atoms with Gasteiger partial charge in [0.2, 0.25) is 0 Å². The van der Waals surface area contributed by atoms with Gasteiger partial charge in [0.25, 0.3) is 0 Å². The average Bonchev–Trinajstić information content (AvgIpc) is 3.30. The fraction of sp³-hybridized carbons (Fsp3) is 0.500. The van der Waals surface area contributed by atoms with Crippen molar-refractivity contribution in [1.29, 1.82) is 0 Å². The molecule has 2 bridgehead atoms. The normalized spacial score (nSPS) is 27.6. The molecule has 2 fully saturated rings. The number of allylic oxidation sites excluding steroid dienone is 4. The van der Waals surface area contributed by atoms with E-state index in [1.54, 1.807) is 0 Å². The van der Waals surface area contributed by atoms with E-state index in [2.05, 4.69) is 30.0 Å². The van der Waals surface area contributed by atoms with E-state index >= 15 is 0 Å². The maximum atomic E-state index is 12.6. The predicted molar refractivity (Wildman–Crippen MR) is 116 cm³/mol. The minimum atomic E-state index is -0.725. The smallest absolute Gasteiger partial charge is 0.303 e. The Morgan fingerprint density at radius 2 is 1.93 bits per heavy atom. The molecule has 5 atom stereocenters. The van der Waals surface area contributed by atoms with Crippen LogP contribution < -0.4 is 0 Å². The molecular formula is C24H30O3S. The molecule has 2 heterocycles. The summed E-state index contributed by atoms with van der Waals surface area (Å²) in [5.74, 6) is 0.422. The summed E-state index contributed by atoms with van der Waals surface area (Å²) in [6, 6.07) is 9.97. The van der Waals surface area contributed by atoms with E-state index < -0.39 is 5.97 Å². The second kappa shape index (κ2) is 10.1. The molecule has 0 radical (unpaired) electrons. The van der Waals surface area contributed by atoms with Gasteiger partial charge in [-0.05, 0) is 55.6 Å². The SMILES string of the molecule is CC(C(=O)C=C[C@@H]1[C@H](CC=CCCCC(=O)O)[C@@H]2CC[C@H]1S2)c1ccccc1. The molecule has 3 nitrogen and oxygen atoms in total. The highest BCUT2D eigenvalue weighted by molar-refractivity contribution is 8.01. The van der Waals surface area contributed by atoms with Gasteiger partial charge in [-0.15, -0.1) is 0 Å². The molecule has 28 heavy (non-hydrogen) atoms. The Morgan fingerprint density at radius 1 is 1.18 bits per heavy atom. The van der Waals surface area contributed by atoms with E-state index in [4.69, 9.17) is 5.11 Å². The van der Waals surface area contributed by atoms with Crippen LogP contribution in [0, 0.1) is 11.8 Å². The van der Waals surface area contributed by atoms with Crippen LogP contribution in [0.25, 0.3) is 0 Å². The lowest BCUT2D eigenvalue weighted by Crippen LogP contribution is -2.25. The van der Waals surface area contributed by atoms with Crippen LogP contribution in [0.5, 0.6) is 0 Å². The highest BCUT2D eigenvalue weighted by Crippen LogP contribution is 2.54. The van der Waals surface area contributed by atoms with Crippen LogP contribution in [0.3, 0.4) is 0 Å². The van der Waals surface area contributed by atoms with Crippen molar-refractivity contribution in [1.82, 2.24) is 0 Å². The monoisotopic (exact) mass is 398 g/mol. The first kappa shape index (κ1) is 20.9. The van der Waals surface area contributed by atoms with E-state index in [-0.39, 0.29) is 18.1 Å². The molecule has 0 saturated carbocycles. The topological polar surface area (TPSA) is 54.4 Å². The van der Waals surface area contributed by atoms with Crippen LogP contribution in [0.15, 0.2) is 54.6 Å². The van der Waals surface area contributed by atoms with Gasteiger partial charge in [-0.2, -0.15) is 11.8 Å². The number of fused-ring (bicyclic) bond motifs is 2. The van der Waals surface area contributed by atoms with Gasteiger partial charge in [-0.1, -0.05) is 55.5 Å². The number of hydrogen-bond acceptors (Lipinski definition) is 3. The third kappa shape index (κ3) is 5.38. The van der Waals surface area contributed by atoms with Crippen molar-refractivity contribution in [2.75, 3.05) is 0 Å². The molecule has 2 aliphatic heterocycles. The van der Waals surface area contributed by atoms with Gasteiger partial charge in [0.05, 0.1) is 0 Å². The number of carbonyl (C=O) groups excluding carboxylic acids is 1.